The van der Waals surface area contributed by atoms with Crippen molar-refractivity contribution in [1.82, 2.24) is 19.5 Å². The summed E-state index contributed by atoms with van der Waals surface area (Å²) < 4.78 is 27.8. The normalized spacial score (nSPS) is 15.4. The Hall–Kier alpha value is -1.74. The van der Waals surface area contributed by atoms with Crippen molar-refractivity contribution < 1.29 is 13.2 Å². The van der Waals surface area contributed by atoms with Crippen molar-refractivity contribution in [1.29, 1.82) is 0 Å². The van der Waals surface area contributed by atoms with Gasteiger partial charge in [-0.3, -0.25) is 9.78 Å². The predicted octanol–water partition coefficient (Wildman–Crippen LogP) is 1.80. The minimum absolute atomic E-state index is 0. The number of halogens is 1. The molecule has 2 aromatic rings. The quantitative estimate of drug-likeness (QED) is 0.712. The average Bonchev–Trinajstić information content (AvgIpc) is 2.67. The predicted molar refractivity (Wildman–Crippen MR) is 112 cm³/mol. The second-order valence-corrected chi connectivity index (χ2v) is 8.74. The fourth-order valence-corrected chi connectivity index (χ4v) is 4.93. The van der Waals surface area contributed by atoms with Crippen LogP contribution in [0.1, 0.15) is 18.4 Å². The Morgan fingerprint density at radius 1 is 1.21 bits per heavy atom. The fraction of sp³-hybridized carbons (Fsp3) is 0.474. The highest BCUT2D eigenvalue weighted by Crippen LogP contribution is 2.25. The van der Waals surface area contributed by atoms with Gasteiger partial charge in [-0.1, -0.05) is 12.1 Å². The zero-order valence-corrected chi connectivity index (χ0v) is 17.9. The minimum Gasteiger partial charge on any atom is -0.340 e. The number of para-hydroxylation sites is 1. The van der Waals surface area contributed by atoms with Gasteiger partial charge >= 0.3 is 0 Å². The molecule has 3 rings (SSSR count). The number of fused-ring (bicyclic) bond motifs is 1. The van der Waals surface area contributed by atoms with Gasteiger partial charge in [0, 0.05) is 44.2 Å². The first kappa shape index (κ1) is 22.5. The van der Waals surface area contributed by atoms with Gasteiger partial charge in [0.15, 0.2) is 0 Å². The molecule has 1 aliphatic heterocycles. The van der Waals surface area contributed by atoms with E-state index in [9.17, 15) is 13.2 Å². The third-order valence-electron chi connectivity index (χ3n) is 4.84. The van der Waals surface area contributed by atoms with Gasteiger partial charge in [0.25, 0.3) is 0 Å². The number of pyridine rings is 1. The van der Waals surface area contributed by atoms with Crippen molar-refractivity contribution in [3.05, 3.63) is 36.0 Å². The van der Waals surface area contributed by atoms with Crippen molar-refractivity contribution >= 4 is 39.2 Å². The molecule has 9 heteroatoms. The molecule has 0 radical (unpaired) electrons. The van der Waals surface area contributed by atoms with Gasteiger partial charge in [-0.15, -0.1) is 12.4 Å². The molecule has 1 fully saturated rings. The molecule has 154 valence electrons. The first-order valence-electron chi connectivity index (χ1n) is 9.21. The van der Waals surface area contributed by atoms with E-state index >= 15 is 0 Å². The fourth-order valence-electron chi connectivity index (χ4n) is 3.34. The summed E-state index contributed by atoms with van der Waals surface area (Å²) in [6, 6.07) is 7.16. The summed E-state index contributed by atoms with van der Waals surface area (Å²) in [5, 5.41) is 3.84. The molecule has 0 spiro atoms. The van der Waals surface area contributed by atoms with Crippen molar-refractivity contribution in [3.8, 4) is 0 Å². The molecule has 2 heterocycles. The second kappa shape index (κ2) is 9.65. The molecule has 0 saturated carbocycles. The zero-order valence-electron chi connectivity index (χ0n) is 16.2. The summed E-state index contributed by atoms with van der Waals surface area (Å²) in [5.41, 5.74) is 1.48. The summed E-state index contributed by atoms with van der Waals surface area (Å²) >= 11 is 0. The maximum absolute atomic E-state index is 13.1. The number of carbonyl (C=O) groups is 1. The SMILES string of the molecule is CNCCCC(=O)N1CCN(S(=O)(=O)c2cccc3cc(C)cnc23)CC1.Cl. The lowest BCUT2D eigenvalue weighted by molar-refractivity contribution is -0.132. The largest absolute Gasteiger partial charge is 0.340 e. The van der Waals surface area contributed by atoms with Gasteiger partial charge in [-0.05, 0) is 44.6 Å². The molecule has 1 aromatic carbocycles. The molecular weight excluding hydrogens is 400 g/mol. The number of hydrogen-bond acceptors (Lipinski definition) is 5. The summed E-state index contributed by atoms with van der Waals surface area (Å²) in [6.07, 6.45) is 2.96. The molecule has 1 amide bonds. The van der Waals surface area contributed by atoms with Crippen molar-refractivity contribution in [2.24, 2.45) is 0 Å². The first-order chi connectivity index (χ1) is 12.9. The summed E-state index contributed by atoms with van der Waals surface area (Å²) in [5.74, 6) is 0.0876. The van der Waals surface area contributed by atoms with Crippen molar-refractivity contribution in [2.75, 3.05) is 39.8 Å². The van der Waals surface area contributed by atoms with Gasteiger partial charge in [0.1, 0.15) is 4.90 Å². The minimum atomic E-state index is -3.65. The Kier molecular flexibility index (Phi) is 7.77. The van der Waals surface area contributed by atoms with E-state index in [1.165, 1.54) is 4.31 Å². The molecule has 0 bridgehead atoms. The number of piperazine rings is 1. The highest BCUT2D eigenvalue weighted by molar-refractivity contribution is 7.89. The molecule has 28 heavy (non-hydrogen) atoms. The average molecular weight is 427 g/mol. The topological polar surface area (TPSA) is 82.6 Å². The Labute approximate surface area is 172 Å². The highest BCUT2D eigenvalue weighted by atomic mass is 35.5. The van der Waals surface area contributed by atoms with Crippen LogP contribution in [-0.2, 0) is 14.8 Å². The number of sulfonamides is 1. The zero-order chi connectivity index (χ0) is 19.4. The lowest BCUT2D eigenvalue weighted by atomic mass is 10.2. The number of amides is 1. The van der Waals surface area contributed by atoms with Crippen molar-refractivity contribution in [2.45, 2.75) is 24.7 Å². The molecule has 1 N–H and O–H groups in total. The monoisotopic (exact) mass is 426 g/mol. The van der Waals surface area contributed by atoms with Crippen LogP contribution in [0.2, 0.25) is 0 Å². The molecule has 7 nitrogen and oxygen atoms in total. The summed E-state index contributed by atoms with van der Waals surface area (Å²) in [7, 11) is -1.79. The summed E-state index contributed by atoms with van der Waals surface area (Å²) in [4.78, 5) is 18.6. The van der Waals surface area contributed by atoms with E-state index in [2.05, 4.69) is 10.3 Å². The van der Waals surface area contributed by atoms with Gasteiger partial charge < -0.3 is 10.2 Å². The maximum Gasteiger partial charge on any atom is 0.245 e. The van der Waals surface area contributed by atoms with Gasteiger partial charge in [-0.25, -0.2) is 8.42 Å². The van der Waals surface area contributed by atoms with Crippen LogP contribution in [0.5, 0.6) is 0 Å². The van der Waals surface area contributed by atoms with Crippen LogP contribution < -0.4 is 5.32 Å². The van der Waals surface area contributed by atoms with Gasteiger partial charge in [-0.2, -0.15) is 4.31 Å². The van der Waals surface area contributed by atoms with E-state index in [1.54, 1.807) is 23.2 Å². The number of hydrogen-bond donors (Lipinski definition) is 1. The molecule has 1 saturated heterocycles. The van der Waals surface area contributed by atoms with Gasteiger partial charge in [0.05, 0.1) is 5.52 Å². The second-order valence-electron chi connectivity index (χ2n) is 6.83. The van der Waals surface area contributed by atoms with Crippen LogP contribution in [0.15, 0.2) is 35.4 Å². The molecule has 1 aromatic heterocycles. The maximum atomic E-state index is 13.1. The lowest BCUT2D eigenvalue weighted by Crippen LogP contribution is -2.50. The molecule has 1 aliphatic rings. The lowest BCUT2D eigenvalue weighted by Gasteiger charge is -2.34. The molecule has 0 unspecified atom stereocenters. The molecule has 0 atom stereocenters. The molecular formula is C19H27ClN4O3S. The van der Waals surface area contributed by atoms with Crippen LogP contribution in [0, 0.1) is 6.92 Å². The highest BCUT2D eigenvalue weighted by Gasteiger charge is 2.31. The van der Waals surface area contributed by atoms with E-state index < -0.39 is 10.0 Å². The number of carbonyl (C=O) groups excluding carboxylic acids is 1. The van der Waals surface area contributed by atoms with E-state index in [0.29, 0.717) is 38.1 Å². The van der Waals surface area contributed by atoms with E-state index in [0.717, 1.165) is 23.9 Å². The molecule has 0 aliphatic carbocycles. The van der Waals surface area contributed by atoms with Crippen LogP contribution in [0.25, 0.3) is 10.9 Å². The smallest absolute Gasteiger partial charge is 0.245 e. The number of nitrogens with one attached hydrogen (secondary N) is 1. The van der Waals surface area contributed by atoms with Crippen LogP contribution in [-0.4, -0.2) is 68.3 Å². The van der Waals surface area contributed by atoms with Crippen molar-refractivity contribution in [3.63, 3.8) is 0 Å². The summed E-state index contributed by atoms with van der Waals surface area (Å²) in [6.45, 7) is 4.20. The van der Waals surface area contributed by atoms with Gasteiger partial charge in [0.2, 0.25) is 15.9 Å². The number of benzene rings is 1. The number of nitrogens with zero attached hydrogens (tertiary/aromatic N) is 3. The van der Waals surface area contributed by atoms with E-state index in [-0.39, 0.29) is 23.2 Å². The van der Waals surface area contributed by atoms with Crippen LogP contribution >= 0.6 is 12.4 Å². The van der Waals surface area contributed by atoms with Crippen LogP contribution in [0.3, 0.4) is 0 Å². The van der Waals surface area contributed by atoms with E-state index in [4.69, 9.17) is 0 Å². The third kappa shape index (κ3) is 4.81. The standard InChI is InChI=1S/C19H26N4O3S.ClH/c1-15-13-16-5-3-6-17(19(16)21-14-15)27(25,26)23-11-9-22(10-12-23)18(24)7-4-8-20-2;/h3,5-6,13-14,20H,4,7-12H2,1-2H3;1H. The Morgan fingerprint density at radius 2 is 1.93 bits per heavy atom. The van der Waals surface area contributed by atoms with Crippen LogP contribution in [0.4, 0.5) is 0 Å². The number of aryl methyl sites for hydroxylation is 1. The Bertz CT molecular complexity index is 928. The Balaban J connectivity index is 0.00000280. The number of rotatable bonds is 6. The number of aromatic nitrogens is 1. The third-order valence-corrected chi connectivity index (χ3v) is 6.77. The van der Waals surface area contributed by atoms with E-state index in [1.807, 2.05) is 26.1 Å². The first-order valence-corrected chi connectivity index (χ1v) is 10.7. The Morgan fingerprint density at radius 3 is 2.61 bits per heavy atom.